The van der Waals surface area contributed by atoms with Crippen LogP contribution in [0.3, 0.4) is 0 Å². The Morgan fingerprint density at radius 3 is 2.74 bits per heavy atom. The predicted molar refractivity (Wildman–Crippen MR) is 71.5 cm³/mol. The lowest BCUT2D eigenvalue weighted by Crippen LogP contribution is -2.38. The Kier molecular flexibility index (Phi) is 5.10. The van der Waals surface area contributed by atoms with E-state index in [1.54, 1.807) is 18.2 Å². The van der Waals surface area contributed by atoms with Gasteiger partial charge in [-0.25, -0.2) is 0 Å². The van der Waals surface area contributed by atoms with Gasteiger partial charge in [-0.2, -0.15) is 0 Å². The number of rotatable bonds is 5. The standard InChI is InChI=1S/C15H20O4/c1-2-18-13-10-6-9-12(19-13)15(17)14(16)11-7-4-3-5-8-11/h3-9,12-17H,2,10H2,1H3/t12-,13+,14-,15+/m1/s1. The van der Waals surface area contributed by atoms with E-state index in [0.29, 0.717) is 18.6 Å². The topological polar surface area (TPSA) is 58.9 Å². The molecule has 0 saturated carbocycles. The molecular weight excluding hydrogens is 244 g/mol. The maximum Gasteiger partial charge on any atom is 0.161 e. The molecule has 2 N–H and O–H groups in total. The van der Waals surface area contributed by atoms with Gasteiger partial charge in [0.1, 0.15) is 18.3 Å². The number of hydrogen-bond acceptors (Lipinski definition) is 4. The molecule has 0 bridgehead atoms. The van der Waals surface area contributed by atoms with Crippen molar-refractivity contribution in [1.82, 2.24) is 0 Å². The van der Waals surface area contributed by atoms with Crippen LogP contribution in [0.1, 0.15) is 25.0 Å². The molecular formula is C15H20O4. The monoisotopic (exact) mass is 264 g/mol. The molecule has 1 aromatic rings. The van der Waals surface area contributed by atoms with Crippen molar-refractivity contribution in [2.75, 3.05) is 6.61 Å². The van der Waals surface area contributed by atoms with Crippen LogP contribution < -0.4 is 0 Å². The maximum atomic E-state index is 10.2. The fourth-order valence-corrected chi connectivity index (χ4v) is 2.11. The van der Waals surface area contributed by atoms with Crippen LogP contribution in [0.25, 0.3) is 0 Å². The van der Waals surface area contributed by atoms with Crippen LogP contribution in [-0.4, -0.2) is 35.3 Å². The maximum absolute atomic E-state index is 10.2. The van der Waals surface area contributed by atoms with E-state index in [9.17, 15) is 10.2 Å². The fraction of sp³-hybridized carbons (Fsp3) is 0.467. The average Bonchev–Trinajstić information content (AvgIpc) is 2.47. The van der Waals surface area contributed by atoms with Crippen LogP contribution in [0.2, 0.25) is 0 Å². The fourth-order valence-electron chi connectivity index (χ4n) is 2.11. The summed E-state index contributed by atoms with van der Waals surface area (Å²) in [5.41, 5.74) is 0.672. The zero-order chi connectivity index (χ0) is 13.7. The molecule has 1 heterocycles. The summed E-state index contributed by atoms with van der Waals surface area (Å²) in [7, 11) is 0. The van der Waals surface area contributed by atoms with Crippen LogP contribution in [0.4, 0.5) is 0 Å². The van der Waals surface area contributed by atoms with Crippen molar-refractivity contribution in [3.63, 3.8) is 0 Å². The minimum absolute atomic E-state index is 0.349. The molecule has 0 amide bonds. The molecule has 0 spiro atoms. The first-order chi connectivity index (χ1) is 9.22. The molecule has 104 valence electrons. The van der Waals surface area contributed by atoms with Crippen molar-refractivity contribution in [2.45, 2.75) is 37.9 Å². The summed E-state index contributed by atoms with van der Waals surface area (Å²) in [4.78, 5) is 0. The van der Waals surface area contributed by atoms with Gasteiger partial charge in [-0.15, -0.1) is 0 Å². The van der Waals surface area contributed by atoms with Gasteiger partial charge in [0.25, 0.3) is 0 Å². The van der Waals surface area contributed by atoms with Gasteiger partial charge in [0.15, 0.2) is 6.29 Å². The summed E-state index contributed by atoms with van der Waals surface area (Å²) in [6.07, 6.45) is 1.46. The van der Waals surface area contributed by atoms with E-state index < -0.39 is 18.3 Å². The van der Waals surface area contributed by atoms with Crippen molar-refractivity contribution in [3.8, 4) is 0 Å². The number of aliphatic hydroxyl groups excluding tert-OH is 2. The Hall–Kier alpha value is -1.20. The second-order valence-electron chi connectivity index (χ2n) is 4.50. The molecule has 1 aromatic carbocycles. The van der Waals surface area contributed by atoms with Crippen molar-refractivity contribution in [3.05, 3.63) is 48.0 Å². The molecule has 1 aliphatic heterocycles. The second kappa shape index (κ2) is 6.82. The van der Waals surface area contributed by atoms with E-state index >= 15 is 0 Å². The van der Waals surface area contributed by atoms with E-state index in [0.717, 1.165) is 0 Å². The number of hydrogen-bond donors (Lipinski definition) is 2. The zero-order valence-electron chi connectivity index (χ0n) is 11.0. The molecule has 1 aliphatic rings. The van der Waals surface area contributed by atoms with Gasteiger partial charge in [0.2, 0.25) is 0 Å². The molecule has 0 radical (unpaired) electrons. The van der Waals surface area contributed by atoms with Crippen LogP contribution >= 0.6 is 0 Å². The normalized spacial score (nSPS) is 26.1. The highest BCUT2D eigenvalue weighted by molar-refractivity contribution is 5.19. The summed E-state index contributed by atoms with van der Waals surface area (Å²) >= 11 is 0. The third-order valence-corrected chi connectivity index (χ3v) is 3.12. The zero-order valence-corrected chi connectivity index (χ0v) is 11.0. The molecule has 19 heavy (non-hydrogen) atoms. The van der Waals surface area contributed by atoms with Crippen LogP contribution in [0.15, 0.2) is 42.5 Å². The second-order valence-corrected chi connectivity index (χ2v) is 4.50. The smallest absolute Gasteiger partial charge is 0.161 e. The van der Waals surface area contributed by atoms with Crippen LogP contribution in [0, 0.1) is 0 Å². The predicted octanol–water partition coefficient (Wildman–Crippen LogP) is 1.79. The minimum Gasteiger partial charge on any atom is -0.387 e. The quantitative estimate of drug-likeness (QED) is 0.796. The summed E-state index contributed by atoms with van der Waals surface area (Å²) in [5.74, 6) is 0. The van der Waals surface area contributed by atoms with E-state index in [-0.39, 0.29) is 6.29 Å². The molecule has 4 atom stereocenters. The Morgan fingerprint density at radius 2 is 2.05 bits per heavy atom. The van der Waals surface area contributed by atoms with Gasteiger partial charge in [-0.05, 0) is 12.5 Å². The van der Waals surface area contributed by atoms with E-state index in [1.807, 2.05) is 31.2 Å². The van der Waals surface area contributed by atoms with E-state index in [1.165, 1.54) is 0 Å². The van der Waals surface area contributed by atoms with Crippen molar-refractivity contribution in [1.29, 1.82) is 0 Å². The van der Waals surface area contributed by atoms with E-state index in [2.05, 4.69) is 0 Å². The molecule has 0 aromatic heterocycles. The largest absolute Gasteiger partial charge is 0.387 e. The van der Waals surface area contributed by atoms with Crippen LogP contribution in [0.5, 0.6) is 0 Å². The first kappa shape index (κ1) is 14.2. The van der Waals surface area contributed by atoms with Crippen molar-refractivity contribution >= 4 is 0 Å². The Balaban J connectivity index is 2.01. The number of ether oxygens (including phenoxy) is 2. The summed E-state index contributed by atoms with van der Waals surface area (Å²) in [6, 6.07) is 9.07. The molecule has 4 nitrogen and oxygen atoms in total. The molecule has 0 saturated heterocycles. The summed E-state index contributed by atoms with van der Waals surface area (Å²) in [5, 5.41) is 20.4. The highest BCUT2D eigenvalue weighted by atomic mass is 16.7. The Morgan fingerprint density at radius 1 is 1.32 bits per heavy atom. The highest BCUT2D eigenvalue weighted by Crippen LogP contribution is 2.24. The molecule has 2 rings (SSSR count). The molecule has 0 fully saturated rings. The molecule has 0 aliphatic carbocycles. The van der Waals surface area contributed by atoms with Gasteiger partial charge in [0, 0.05) is 13.0 Å². The van der Waals surface area contributed by atoms with Crippen molar-refractivity contribution in [2.24, 2.45) is 0 Å². The lowest BCUT2D eigenvalue weighted by molar-refractivity contribution is -0.192. The van der Waals surface area contributed by atoms with Gasteiger partial charge in [-0.1, -0.05) is 42.5 Å². The van der Waals surface area contributed by atoms with Gasteiger partial charge in [0.05, 0.1) is 0 Å². The Bertz CT molecular complexity index is 404. The first-order valence-corrected chi connectivity index (χ1v) is 6.57. The Labute approximate surface area is 113 Å². The number of benzene rings is 1. The van der Waals surface area contributed by atoms with Gasteiger partial charge in [-0.3, -0.25) is 0 Å². The van der Waals surface area contributed by atoms with Crippen molar-refractivity contribution < 1.29 is 19.7 Å². The minimum atomic E-state index is -1.01. The summed E-state index contributed by atoms with van der Waals surface area (Å²) < 4.78 is 11.0. The third-order valence-electron chi connectivity index (χ3n) is 3.12. The van der Waals surface area contributed by atoms with Gasteiger partial charge >= 0.3 is 0 Å². The van der Waals surface area contributed by atoms with Gasteiger partial charge < -0.3 is 19.7 Å². The first-order valence-electron chi connectivity index (χ1n) is 6.57. The molecule has 4 heteroatoms. The third kappa shape index (κ3) is 3.64. The SMILES string of the molecule is CCO[C@@H]1CC=C[C@H]([C@H](O)[C@H](O)c2ccccc2)O1. The molecule has 0 unspecified atom stereocenters. The number of aliphatic hydroxyl groups is 2. The highest BCUT2D eigenvalue weighted by Gasteiger charge is 2.30. The summed E-state index contributed by atoms with van der Waals surface area (Å²) in [6.45, 7) is 2.45. The lowest BCUT2D eigenvalue weighted by Gasteiger charge is -2.31. The average molecular weight is 264 g/mol. The van der Waals surface area contributed by atoms with Crippen LogP contribution in [-0.2, 0) is 9.47 Å². The van der Waals surface area contributed by atoms with E-state index in [4.69, 9.17) is 9.47 Å². The lowest BCUT2D eigenvalue weighted by atomic mass is 9.99.